The van der Waals surface area contributed by atoms with Crippen molar-refractivity contribution in [2.75, 3.05) is 38.1 Å². The molecule has 28 heavy (non-hydrogen) atoms. The lowest BCUT2D eigenvalue weighted by Crippen LogP contribution is -2.15. The van der Waals surface area contributed by atoms with E-state index >= 15 is 0 Å². The van der Waals surface area contributed by atoms with Crippen LogP contribution >= 0.6 is 0 Å². The molecule has 0 atom stereocenters. The van der Waals surface area contributed by atoms with Crippen molar-refractivity contribution in [2.45, 2.75) is 0 Å². The highest BCUT2D eigenvalue weighted by molar-refractivity contribution is 5.68. The van der Waals surface area contributed by atoms with Gasteiger partial charge in [0, 0.05) is 23.9 Å². The second-order valence-corrected chi connectivity index (χ2v) is 5.96. The van der Waals surface area contributed by atoms with Crippen LogP contribution in [-0.4, -0.2) is 37.4 Å². The minimum Gasteiger partial charge on any atom is -0.497 e. The Morgan fingerprint density at radius 3 is 2.39 bits per heavy atom. The number of benzene rings is 2. The summed E-state index contributed by atoms with van der Waals surface area (Å²) in [5, 5.41) is 6.48. The molecular weight excluding hydrogens is 360 g/mol. The second-order valence-electron chi connectivity index (χ2n) is 5.96. The maximum atomic E-state index is 5.61. The molecule has 2 aromatic carbocycles. The van der Waals surface area contributed by atoms with Crippen LogP contribution < -0.4 is 29.6 Å². The minimum absolute atomic E-state index is 0.543. The standard InChI is InChI=1S/C20H20N4O4/c1-25-14-4-5-15(17(10-14)26-2)24-20-11-19(21-12-22-20)23-13-3-6-16-18(9-13)28-8-7-27-16/h3-6,9-12H,7-8H2,1-2H3,(H2,21,22,23,24). The largest absolute Gasteiger partial charge is 0.497 e. The molecule has 1 aliphatic heterocycles. The summed E-state index contributed by atoms with van der Waals surface area (Å²) in [6, 6.07) is 13.0. The van der Waals surface area contributed by atoms with Gasteiger partial charge in [-0.15, -0.1) is 0 Å². The highest BCUT2D eigenvalue weighted by Crippen LogP contribution is 2.34. The van der Waals surface area contributed by atoms with E-state index in [1.807, 2.05) is 30.3 Å². The minimum atomic E-state index is 0.543. The zero-order chi connectivity index (χ0) is 19.3. The SMILES string of the molecule is COc1ccc(Nc2cc(Nc3ccc4c(c3)OCCO4)ncn2)c(OC)c1. The highest BCUT2D eigenvalue weighted by Gasteiger charge is 2.12. The quantitative estimate of drug-likeness (QED) is 0.669. The number of nitrogens with zero attached hydrogens (tertiary/aromatic N) is 2. The maximum absolute atomic E-state index is 5.61. The van der Waals surface area contributed by atoms with E-state index < -0.39 is 0 Å². The maximum Gasteiger partial charge on any atom is 0.163 e. The van der Waals surface area contributed by atoms with Gasteiger partial charge in [0.15, 0.2) is 11.5 Å². The highest BCUT2D eigenvalue weighted by atomic mass is 16.6. The van der Waals surface area contributed by atoms with E-state index in [1.54, 1.807) is 26.4 Å². The molecule has 0 spiro atoms. The third-order valence-electron chi connectivity index (χ3n) is 4.15. The van der Waals surface area contributed by atoms with Crippen molar-refractivity contribution in [1.82, 2.24) is 9.97 Å². The fraction of sp³-hybridized carbons (Fsp3) is 0.200. The molecule has 1 aliphatic rings. The molecule has 0 radical (unpaired) electrons. The van der Waals surface area contributed by atoms with Crippen LogP contribution in [0.15, 0.2) is 48.8 Å². The predicted octanol–water partition coefficient (Wildman–Crippen LogP) is 3.75. The van der Waals surface area contributed by atoms with Crippen molar-refractivity contribution in [3.63, 3.8) is 0 Å². The van der Waals surface area contributed by atoms with Crippen molar-refractivity contribution < 1.29 is 18.9 Å². The van der Waals surface area contributed by atoms with Crippen LogP contribution in [0.1, 0.15) is 0 Å². The first-order valence-corrected chi connectivity index (χ1v) is 8.73. The summed E-state index contributed by atoms with van der Waals surface area (Å²) in [6.07, 6.45) is 1.48. The fourth-order valence-corrected chi connectivity index (χ4v) is 2.80. The predicted molar refractivity (Wildman–Crippen MR) is 106 cm³/mol. The van der Waals surface area contributed by atoms with Crippen molar-refractivity contribution in [3.8, 4) is 23.0 Å². The van der Waals surface area contributed by atoms with Crippen molar-refractivity contribution in [2.24, 2.45) is 0 Å². The van der Waals surface area contributed by atoms with Crippen molar-refractivity contribution in [1.29, 1.82) is 0 Å². The van der Waals surface area contributed by atoms with Crippen molar-refractivity contribution in [3.05, 3.63) is 48.8 Å². The lowest BCUT2D eigenvalue weighted by Gasteiger charge is -2.19. The first-order chi connectivity index (χ1) is 13.7. The third-order valence-corrected chi connectivity index (χ3v) is 4.15. The molecule has 1 aromatic heterocycles. The number of anilines is 4. The second kappa shape index (κ2) is 7.91. The van der Waals surface area contributed by atoms with E-state index in [-0.39, 0.29) is 0 Å². The number of aromatic nitrogens is 2. The summed E-state index contributed by atoms with van der Waals surface area (Å²) < 4.78 is 21.8. The number of fused-ring (bicyclic) bond motifs is 1. The molecule has 3 aromatic rings. The monoisotopic (exact) mass is 380 g/mol. The first-order valence-electron chi connectivity index (χ1n) is 8.73. The molecule has 144 valence electrons. The van der Waals surface area contributed by atoms with Crippen LogP contribution in [-0.2, 0) is 0 Å². The van der Waals surface area contributed by atoms with E-state index in [1.165, 1.54) is 6.33 Å². The summed E-state index contributed by atoms with van der Waals surface area (Å²) in [5.41, 5.74) is 1.61. The molecule has 0 saturated carbocycles. The number of nitrogens with one attached hydrogen (secondary N) is 2. The molecule has 2 N–H and O–H groups in total. The van der Waals surface area contributed by atoms with Crippen LogP contribution in [0.4, 0.5) is 23.0 Å². The van der Waals surface area contributed by atoms with E-state index in [2.05, 4.69) is 20.6 Å². The van der Waals surface area contributed by atoms with E-state index in [9.17, 15) is 0 Å². The Balaban J connectivity index is 1.52. The Bertz CT molecular complexity index is 980. The zero-order valence-corrected chi connectivity index (χ0v) is 15.6. The van der Waals surface area contributed by atoms with Gasteiger partial charge in [0.05, 0.1) is 19.9 Å². The van der Waals surface area contributed by atoms with Gasteiger partial charge < -0.3 is 29.6 Å². The Morgan fingerprint density at radius 1 is 0.821 bits per heavy atom. The average molecular weight is 380 g/mol. The van der Waals surface area contributed by atoms with E-state index in [0.717, 1.165) is 17.1 Å². The van der Waals surface area contributed by atoms with Gasteiger partial charge >= 0.3 is 0 Å². The fourth-order valence-electron chi connectivity index (χ4n) is 2.80. The summed E-state index contributed by atoms with van der Waals surface area (Å²) in [6.45, 7) is 1.11. The smallest absolute Gasteiger partial charge is 0.163 e. The van der Waals surface area contributed by atoms with Gasteiger partial charge in [0.25, 0.3) is 0 Å². The molecule has 0 saturated heterocycles. The molecule has 8 heteroatoms. The average Bonchev–Trinajstić information content (AvgIpc) is 2.74. The van der Waals surface area contributed by atoms with Gasteiger partial charge in [0.1, 0.15) is 42.7 Å². The van der Waals surface area contributed by atoms with Crippen molar-refractivity contribution >= 4 is 23.0 Å². The summed E-state index contributed by atoms with van der Waals surface area (Å²) in [7, 11) is 3.22. The lowest BCUT2D eigenvalue weighted by atomic mass is 10.2. The Labute approximate surface area is 162 Å². The van der Waals surface area contributed by atoms with E-state index in [0.29, 0.717) is 42.1 Å². The molecule has 2 heterocycles. The van der Waals surface area contributed by atoms with Gasteiger partial charge in [-0.05, 0) is 24.3 Å². The molecule has 0 bridgehead atoms. The number of ether oxygens (including phenoxy) is 4. The molecular formula is C20H20N4O4. The lowest BCUT2D eigenvalue weighted by molar-refractivity contribution is 0.171. The zero-order valence-electron chi connectivity index (χ0n) is 15.6. The molecule has 0 amide bonds. The van der Waals surface area contributed by atoms with Gasteiger partial charge in [-0.3, -0.25) is 0 Å². The van der Waals surface area contributed by atoms with Gasteiger partial charge in [0.2, 0.25) is 0 Å². The number of methoxy groups -OCH3 is 2. The van der Waals surface area contributed by atoms with E-state index in [4.69, 9.17) is 18.9 Å². The van der Waals surface area contributed by atoms with Crippen LogP contribution in [0, 0.1) is 0 Å². The normalized spacial score (nSPS) is 12.2. The summed E-state index contributed by atoms with van der Waals surface area (Å²) in [5.74, 6) is 4.09. The Kier molecular flexibility index (Phi) is 5.01. The third kappa shape index (κ3) is 3.85. The first kappa shape index (κ1) is 17.7. The summed E-state index contributed by atoms with van der Waals surface area (Å²) in [4.78, 5) is 8.54. The van der Waals surface area contributed by atoms with Crippen LogP contribution in [0.2, 0.25) is 0 Å². The molecule has 0 unspecified atom stereocenters. The topological polar surface area (TPSA) is 86.8 Å². The van der Waals surface area contributed by atoms with Gasteiger partial charge in [-0.25, -0.2) is 9.97 Å². The van der Waals surface area contributed by atoms with Gasteiger partial charge in [-0.1, -0.05) is 0 Å². The van der Waals surface area contributed by atoms with Gasteiger partial charge in [-0.2, -0.15) is 0 Å². The molecule has 8 nitrogen and oxygen atoms in total. The summed E-state index contributed by atoms with van der Waals surface area (Å²) >= 11 is 0. The van der Waals surface area contributed by atoms with Crippen LogP contribution in [0.5, 0.6) is 23.0 Å². The molecule has 4 rings (SSSR count). The number of hydrogen-bond acceptors (Lipinski definition) is 8. The van der Waals surface area contributed by atoms with Crippen LogP contribution in [0.3, 0.4) is 0 Å². The molecule has 0 fully saturated rings. The Hall–Kier alpha value is -3.68. The van der Waals surface area contributed by atoms with Crippen LogP contribution in [0.25, 0.3) is 0 Å². The number of rotatable bonds is 6. The Morgan fingerprint density at radius 2 is 1.61 bits per heavy atom. The molecule has 0 aliphatic carbocycles. The number of hydrogen-bond donors (Lipinski definition) is 2.